The van der Waals surface area contributed by atoms with Crippen LogP contribution in [0.2, 0.25) is 15.1 Å². The molecule has 2 aromatic rings. The van der Waals surface area contributed by atoms with Crippen LogP contribution in [0.25, 0.3) is 0 Å². The molecule has 0 N–H and O–H groups in total. The standard InChI is InChI=1S/C15H9Cl3O/c16-9-6-12(17)14(13(18)7-9)15(19)11-5-8-3-1-2-4-10(8)11/h1-4,6-7,11H,5H2. The van der Waals surface area contributed by atoms with Crippen LogP contribution < -0.4 is 0 Å². The summed E-state index contributed by atoms with van der Waals surface area (Å²) < 4.78 is 0. The van der Waals surface area contributed by atoms with Gasteiger partial charge in [0.1, 0.15) is 0 Å². The fourth-order valence-electron chi connectivity index (χ4n) is 2.44. The molecule has 0 saturated heterocycles. The van der Waals surface area contributed by atoms with Gasteiger partial charge in [-0.3, -0.25) is 4.79 Å². The van der Waals surface area contributed by atoms with Gasteiger partial charge in [-0.1, -0.05) is 59.1 Å². The van der Waals surface area contributed by atoms with E-state index in [2.05, 4.69) is 0 Å². The minimum atomic E-state index is -0.146. The Morgan fingerprint density at radius 2 is 1.68 bits per heavy atom. The molecule has 96 valence electrons. The monoisotopic (exact) mass is 310 g/mol. The van der Waals surface area contributed by atoms with Gasteiger partial charge in [-0.25, -0.2) is 0 Å². The molecule has 2 aromatic carbocycles. The van der Waals surface area contributed by atoms with Crippen LogP contribution in [0.1, 0.15) is 27.4 Å². The zero-order valence-electron chi connectivity index (χ0n) is 9.79. The molecule has 4 heteroatoms. The van der Waals surface area contributed by atoms with Crippen LogP contribution in [0, 0.1) is 0 Å². The second-order valence-corrected chi connectivity index (χ2v) is 5.82. The van der Waals surface area contributed by atoms with E-state index in [0.717, 1.165) is 12.0 Å². The second kappa shape index (κ2) is 4.82. The first-order chi connectivity index (χ1) is 9.08. The summed E-state index contributed by atoms with van der Waals surface area (Å²) in [6, 6.07) is 11.0. The molecule has 19 heavy (non-hydrogen) atoms. The Kier molecular flexibility index (Phi) is 3.30. The molecule has 3 rings (SSSR count). The van der Waals surface area contributed by atoms with Crippen molar-refractivity contribution in [3.05, 3.63) is 68.2 Å². The van der Waals surface area contributed by atoms with Crippen LogP contribution in [0.15, 0.2) is 36.4 Å². The number of carbonyl (C=O) groups excluding carboxylic acids is 1. The predicted octanol–water partition coefficient (Wildman–Crippen LogP) is 5.17. The van der Waals surface area contributed by atoms with Gasteiger partial charge in [0.2, 0.25) is 0 Å². The molecular formula is C15H9Cl3O. The zero-order valence-corrected chi connectivity index (χ0v) is 12.1. The summed E-state index contributed by atoms with van der Waals surface area (Å²) in [4.78, 5) is 12.5. The average Bonchev–Trinajstić information content (AvgIpc) is 2.29. The Morgan fingerprint density at radius 3 is 2.32 bits per heavy atom. The molecule has 0 heterocycles. The number of Topliss-reactive ketones (excluding diaryl/α,β-unsaturated/α-hetero) is 1. The first-order valence-corrected chi connectivity index (χ1v) is 6.98. The molecule has 1 aliphatic carbocycles. The molecule has 0 bridgehead atoms. The Hall–Kier alpha value is -1.02. The molecular weight excluding hydrogens is 303 g/mol. The number of halogens is 3. The molecule has 1 aliphatic rings. The number of ketones is 1. The summed E-state index contributed by atoms with van der Waals surface area (Å²) in [5.74, 6) is -0.183. The van der Waals surface area contributed by atoms with Crippen molar-refractivity contribution in [3.8, 4) is 0 Å². The van der Waals surface area contributed by atoms with Crippen molar-refractivity contribution in [1.29, 1.82) is 0 Å². The van der Waals surface area contributed by atoms with Gasteiger partial charge in [-0.15, -0.1) is 0 Å². The summed E-state index contributed by atoms with van der Waals surface area (Å²) in [6.07, 6.45) is 0.740. The van der Waals surface area contributed by atoms with Crippen molar-refractivity contribution in [1.82, 2.24) is 0 Å². The van der Waals surface area contributed by atoms with Gasteiger partial charge in [-0.05, 0) is 29.7 Å². The van der Waals surface area contributed by atoms with Crippen LogP contribution >= 0.6 is 34.8 Å². The maximum Gasteiger partial charge on any atom is 0.173 e. The van der Waals surface area contributed by atoms with Crippen LogP contribution in [0.5, 0.6) is 0 Å². The highest BCUT2D eigenvalue weighted by Crippen LogP contribution is 2.40. The van der Waals surface area contributed by atoms with E-state index in [0.29, 0.717) is 20.6 Å². The molecule has 0 radical (unpaired) electrons. The Bertz CT molecular complexity index is 656. The van der Waals surface area contributed by atoms with Crippen LogP contribution in [-0.4, -0.2) is 5.78 Å². The topological polar surface area (TPSA) is 17.1 Å². The number of hydrogen-bond donors (Lipinski definition) is 0. The lowest BCUT2D eigenvalue weighted by Crippen LogP contribution is -2.25. The second-order valence-electron chi connectivity index (χ2n) is 4.56. The summed E-state index contributed by atoms with van der Waals surface area (Å²) in [5.41, 5.74) is 2.64. The number of rotatable bonds is 2. The third-order valence-corrected chi connectivity index (χ3v) is 4.24. The Labute approximate surface area is 126 Å². The highest BCUT2D eigenvalue weighted by molar-refractivity contribution is 6.42. The number of fused-ring (bicyclic) bond motifs is 1. The van der Waals surface area contributed by atoms with Crippen LogP contribution in [0.3, 0.4) is 0 Å². The van der Waals surface area contributed by atoms with Crippen LogP contribution in [0.4, 0.5) is 0 Å². The van der Waals surface area contributed by atoms with Crippen molar-refractivity contribution >= 4 is 40.6 Å². The summed E-state index contributed by atoms with van der Waals surface area (Å²) in [5, 5.41) is 1.05. The van der Waals surface area contributed by atoms with E-state index in [9.17, 15) is 4.79 Å². The lowest BCUT2D eigenvalue weighted by atomic mass is 9.74. The third kappa shape index (κ3) is 2.16. The van der Waals surface area contributed by atoms with Gasteiger partial charge in [-0.2, -0.15) is 0 Å². The van der Waals surface area contributed by atoms with Crippen molar-refractivity contribution < 1.29 is 4.79 Å². The Balaban J connectivity index is 2.00. The van der Waals surface area contributed by atoms with E-state index in [1.807, 2.05) is 24.3 Å². The van der Waals surface area contributed by atoms with Crippen molar-refractivity contribution in [2.75, 3.05) is 0 Å². The van der Waals surface area contributed by atoms with E-state index in [1.165, 1.54) is 5.56 Å². The van der Waals surface area contributed by atoms with Gasteiger partial charge >= 0.3 is 0 Å². The summed E-state index contributed by atoms with van der Waals surface area (Å²) in [7, 11) is 0. The number of benzene rings is 2. The number of hydrogen-bond acceptors (Lipinski definition) is 1. The van der Waals surface area contributed by atoms with E-state index in [4.69, 9.17) is 34.8 Å². The van der Waals surface area contributed by atoms with E-state index in [-0.39, 0.29) is 11.7 Å². The highest BCUT2D eigenvalue weighted by Gasteiger charge is 2.34. The SMILES string of the molecule is O=C(c1c(Cl)cc(Cl)cc1Cl)C1Cc2ccccc21. The third-order valence-electron chi connectivity index (χ3n) is 3.42. The van der Waals surface area contributed by atoms with E-state index < -0.39 is 0 Å². The normalized spacial score (nSPS) is 16.7. The van der Waals surface area contributed by atoms with Crippen molar-refractivity contribution in [2.24, 2.45) is 0 Å². The maximum absolute atomic E-state index is 12.5. The molecule has 0 saturated carbocycles. The zero-order chi connectivity index (χ0) is 13.6. The van der Waals surface area contributed by atoms with Crippen molar-refractivity contribution in [2.45, 2.75) is 12.3 Å². The van der Waals surface area contributed by atoms with Crippen LogP contribution in [-0.2, 0) is 6.42 Å². The molecule has 0 aliphatic heterocycles. The molecule has 0 aromatic heterocycles. The average molecular weight is 312 g/mol. The first-order valence-electron chi connectivity index (χ1n) is 5.84. The first kappa shape index (κ1) is 13.0. The van der Waals surface area contributed by atoms with Gasteiger partial charge < -0.3 is 0 Å². The predicted molar refractivity (Wildman–Crippen MR) is 78.7 cm³/mol. The molecule has 0 fully saturated rings. The van der Waals surface area contributed by atoms with Crippen molar-refractivity contribution in [3.63, 3.8) is 0 Å². The largest absolute Gasteiger partial charge is 0.293 e. The molecule has 1 atom stereocenters. The van der Waals surface area contributed by atoms with Gasteiger partial charge in [0.05, 0.1) is 21.5 Å². The van der Waals surface area contributed by atoms with E-state index >= 15 is 0 Å². The van der Waals surface area contributed by atoms with Gasteiger partial charge in [0.25, 0.3) is 0 Å². The quantitative estimate of drug-likeness (QED) is 0.699. The lowest BCUT2D eigenvalue weighted by Gasteiger charge is -2.29. The fourth-order valence-corrected chi connectivity index (χ4v) is 3.45. The molecule has 0 spiro atoms. The molecule has 1 unspecified atom stereocenters. The lowest BCUT2D eigenvalue weighted by molar-refractivity contribution is 0.0949. The van der Waals surface area contributed by atoms with Gasteiger partial charge in [0.15, 0.2) is 5.78 Å². The summed E-state index contributed by atoms with van der Waals surface area (Å²) in [6.45, 7) is 0. The Morgan fingerprint density at radius 1 is 1.05 bits per heavy atom. The minimum absolute atomic E-state index is 0.0367. The summed E-state index contributed by atoms with van der Waals surface area (Å²) >= 11 is 18.0. The molecule has 1 nitrogen and oxygen atoms in total. The molecule has 0 amide bonds. The fraction of sp³-hybridized carbons (Fsp3) is 0.133. The van der Waals surface area contributed by atoms with E-state index in [1.54, 1.807) is 12.1 Å². The number of carbonyl (C=O) groups is 1. The minimum Gasteiger partial charge on any atom is -0.293 e. The maximum atomic E-state index is 12.5. The smallest absolute Gasteiger partial charge is 0.173 e. The highest BCUT2D eigenvalue weighted by atomic mass is 35.5. The van der Waals surface area contributed by atoms with Gasteiger partial charge in [0, 0.05) is 5.02 Å².